The van der Waals surface area contributed by atoms with Crippen LogP contribution in [0.1, 0.15) is 18.4 Å². The largest absolute Gasteiger partial charge is 0.497 e. The van der Waals surface area contributed by atoms with Gasteiger partial charge in [0.1, 0.15) is 5.75 Å². The van der Waals surface area contributed by atoms with Crippen molar-refractivity contribution in [3.05, 3.63) is 90.6 Å². The lowest BCUT2D eigenvalue weighted by Gasteiger charge is -2.22. The number of imidazole rings is 1. The van der Waals surface area contributed by atoms with Crippen LogP contribution >= 0.6 is 0 Å². The first kappa shape index (κ1) is 25.7. The second-order valence-corrected chi connectivity index (χ2v) is 11.4. The van der Waals surface area contributed by atoms with E-state index >= 15 is 0 Å². The third-order valence-electron chi connectivity index (χ3n) is 6.51. The number of benzene rings is 3. The summed E-state index contributed by atoms with van der Waals surface area (Å²) in [7, 11) is -2.36. The monoisotopic (exact) mass is 530 g/mol. The molecule has 196 valence electrons. The van der Waals surface area contributed by atoms with Crippen LogP contribution in [0.25, 0.3) is 16.9 Å². The molecule has 0 unspecified atom stereocenters. The van der Waals surface area contributed by atoms with Gasteiger partial charge in [0.25, 0.3) is 0 Å². The van der Waals surface area contributed by atoms with Crippen LogP contribution in [-0.2, 0) is 14.8 Å². The Bertz CT molecular complexity index is 1510. The number of aromatic nitrogens is 2. The molecule has 0 aliphatic heterocycles. The average Bonchev–Trinajstić information content (AvgIpc) is 3.66. The van der Waals surface area contributed by atoms with Crippen LogP contribution in [0.15, 0.2) is 90.0 Å². The molecule has 4 aromatic rings. The summed E-state index contributed by atoms with van der Waals surface area (Å²) < 4.78 is 35.2. The molecule has 0 spiro atoms. The highest BCUT2D eigenvalue weighted by Crippen LogP contribution is 2.32. The van der Waals surface area contributed by atoms with Crippen molar-refractivity contribution in [3.8, 4) is 22.7 Å². The molecule has 8 nitrogen and oxygen atoms in total. The Morgan fingerprint density at radius 3 is 2.34 bits per heavy atom. The van der Waals surface area contributed by atoms with Crippen molar-refractivity contribution in [1.82, 2.24) is 13.9 Å². The molecule has 1 heterocycles. The SMILES string of the molecule is COc1ccc(S(=O)(=O)N(CC(=O)Nc2nc(-c3ccccc3)cn2-c2ccc(C)cc2)CC2CC2)cc1. The maximum absolute atomic E-state index is 13.5. The number of aryl methyl sites for hydroxylation is 1. The lowest BCUT2D eigenvalue weighted by Crippen LogP contribution is -2.39. The first-order valence-corrected chi connectivity index (χ1v) is 13.9. The zero-order valence-electron chi connectivity index (χ0n) is 21.4. The summed E-state index contributed by atoms with van der Waals surface area (Å²) >= 11 is 0. The minimum atomic E-state index is -3.88. The average molecular weight is 531 g/mol. The number of nitrogens with zero attached hydrogens (tertiary/aromatic N) is 3. The molecule has 0 saturated heterocycles. The van der Waals surface area contributed by atoms with E-state index in [1.165, 1.54) is 23.5 Å². The number of carbonyl (C=O) groups is 1. The van der Waals surface area contributed by atoms with Gasteiger partial charge < -0.3 is 4.74 Å². The van der Waals surface area contributed by atoms with Crippen LogP contribution in [-0.4, -0.2) is 48.4 Å². The number of hydrogen-bond acceptors (Lipinski definition) is 5. The zero-order valence-corrected chi connectivity index (χ0v) is 22.2. The lowest BCUT2D eigenvalue weighted by molar-refractivity contribution is -0.116. The van der Waals surface area contributed by atoms with Crippen molar-refractivity contribution in [2.75, 3.05) is 25.5 Å². The number of methoxy groups -OCH3 is 1. The molecule has 0 radical (unpaired) electrons. The standard InChI is InChI=1S/C29H30N4O4S/c1-21-8-12-24(13-9-21)33-19-27(23-6-4-3-5-7-23)30-29(33)31-28(34)20-32(18-22-10-11-22)38(35,36)26-16-14-25(37-2)15-17-26/h3-9,12-17,19,22H,10-11,18,20H2,1-2H3,(H,30,31,34). The van der Waals surface area contributed by atoms with E-state index in [0.717, 1.165) is 29.7 Å². The molecule has 0 atom stereocenters. The molecule has 1 amide bonds. The second-order valence-electron chi connectivity index (χ2n) is 9.49. The van der Waals surface area contributed by atoms with Gasteiger partial charge in [-0.3, -0.25) is 14.7 Å². The topological polar surface area (TPSA) is 93.5 Å². The Morgan fingerprint density at radius 2 is 1.71 bits per heavy atom. The number of rotatable bonds is 10. The fraction of sp³-hybridized carbons (Fsp3) is 0.241. The summed E-state index contributed by atoms with van der Waals surface area (Å²) in [6.07, 6.45) is 3.77. The van der Waals surface area contributed by atoms with Crippen molar-refractivity contribution in [3.63, 3.8) is 0 Å². The second kappa shape index (κ2) is 10.8. The first-order valence-electron chi connectivity index (χ1n) is 12.5. The molecule has 1 N–H and O–H groups in total. The Hall–Kier alpha value is -3.95. The van der Waals surface area contributed by atoms with Crippen molar-refractivity contribution in [2.45, 2.75) is 24.7 Å². The summed E-state index contributed by atoms with van der Waals surface area (Å²) in [5.74, 6) is 0.690. The van der Waals surface area contributed by atoms with Gasteiger partial charge in [0.15, 0.2) is 0 Å². The zero-order chi connectivity index (χ0) is 26.7. The third kappa shape index (κ3) is 5.79. The molecule has 3 aromatic carbocycles. The van der Waals surface area contributed by atoms with Gasteiger partial charge in [0.2, 0.25) is 21.9 Å². The minimum Gasteiger partial charge on any atom is -0.497 e. The quantitative estimate of drug-likeness (QED) is 0.315. The van der Waals surface area contributed by atoms with Gasteiger partial charge in [-0.05, 0) is 62.1 Å². The van der Waals surface area contributed by atoms with Gasteiger partial charge in [0.05, 0.1) is 24.2 Å². The molecule has 1 aliphatic carbocycles. The van der Waals surface area contributed by atoms with E-state index in [2.05, 4.69) is 10.3 Å². The van der Waals surface area contributed by atoms with Gasteiger partial charge in [-0.15, -0.1) is 0 Å². The molecular formula is C29H30N4O4S. The van der Waals surface area contributed by atoms with Gasteiger partial charge in [-0.1, -0.05) is 48.0 Å². The van der Waals surface area contributed by atoms with Crippen LogP contribution in [0.4, 0.5) is 5.95 Å². The smallest absolute Gasteiger partial charge is 0.243 e. The van der Waals surface area contributed by atoms with Crippen LogP contribution in [0, 0.1) is 12.8 Å². The maximum Gasteiger partial charge on any atom is 0.243 e. The number of sulfonamides is 1. The van der Waals surface area contributed by atoms with Gasteiger partial charge >= 0.3 is 0 Å². The number of anilines is 1. The maximum atomic E-state index is 13.5. The van der Waals surface area contributed by atoms with Crippen LogP contribution in [0.5, 0.6) is 5.75 Å². The molecular weight excluding hydrogens is 500 g/mol. The predicted molar refractivity (Wildman–Crippen MR) is 147 cm³/mol. The van der Waals surface area contributed by atoms with E-state index in [1.807, 2.05) is 72.3 Å². The van der Waals surface area contributed by atoms with Crippen LogP contribution < -0.4 is 10.1 Å². The number of carbonyl (C=O) groups excluding carboxylic acids is 1. The molecule has 1 aliphatic rings. The number of ether oxygens (including phenoxy) is 1. The number of amides is 1. The molecule has 1 aromatic heterocycles. The lowest BCUT2D eigenvalue weighted by atomic mass is 10.2. The highest BCUT2D eigenvalue weighted by atomic mass is 32.2. The van der Waals surface area contributed by atoms with Gasteiger partial charge in [0, 0.05) is 24.0 Å². The van der Waals surface area contributed by atoms with Gasteiger partial charge in [-0.2, -0.15) is 4.31 Å². The number of hydrogen-bond donors (Lipinski definition) is 1. The molecule has 0 bridgehead atoms. The summed E-state index contributed by atoms with van der Waals surface area (Å²) in [5, 5.41) is 2.87. The molecule has 1 saturated carbocycles. The Balaban J connectivity index is 1.42. The highest BCUT2D eigenvalue weighted by molar-refractivity contribution is 7.89. The van der Waals surface area contributed by atoms with Gasteiger partial charge in [-0.25, -0.2) is 13.4 Å². The Morgan fingerprint density at radius 1 is 1.03 bits per heavy atom. The summed E-state index contributed by atoms with van der Waals surface area (Å²) in [5.41, 5.74) is 3.55. The normalized spacial score (nSPS) is 13.4. The van der Waals surface area contributed by atoms with Crippen molar-refractivity contribution < 1.29 is 17.9 Å². The minimum absolute atomic E-state index is 0.124. The van der Waals surface area contributed by atoms with E-state index in [0.29, 0.717) is 23.9 Å². The van der Waals surface area contributed by atoms with E-state index in [1.54, 1.807) is 12.1 Å². The molecule has 1 fully saturated rings. The third-order valence-corrected chi connectivity index (χ3v) is 8.34. The van der Waals surface area contributed by atoms with Crippen molar-refractivity contribution in [1.29, 1.82) is 0 Å². The number of nitrogens with one attached hydrogen (secondary N) is 1. The molecule has 38 heavy (non-hydrogen) atoms. The van der Waals surface area contributed by atoms with E-state index < -0.39 is 15.9 Å². The van der Waals surface area contributed by atoms with Crippen LogP contribution in [0.2, 0.25) is 0 Å². The fourth-order valence-corrected chi connectivity index (χ4v) is 5.65. The predicted octanol–water partition coefficient (Wildman–Crippen LogP) is 4.90. The summed E-state index contributed by atoms with van der Waals surface area (Å²) in [6, 6.07) is 23.8. The Kier molecular flexibility index (Phi) is 7.31. The fourth-order valence-electron chi connectivity index (χ4n) is 4.18. The van der Waals surface area contributed by atoms with E-state index in [4.69, 9.17) is 4.74 Å². The summed E-state index contributed by atoms with van der Waals surface area (Å²) in [6.45, 7) is 1.99. The highest BCUT2D eigenvalue weighted by Gasteiger charge is 2.33. The van der Waals surface area contributed by atoms with Crippen molar-refractivity contribution in [2.24, 2.45) is 5.92 Å². The molecule has 9 heteroatoms. The Labute approximate surface area is 223 Å². The molecule has 5 rings (SSSR count). The van der Waals surface area contributed by atoms with E-state index in [9.17, 15) is 13.2 Å². The summed E-state index contributed by atoms with van der Waals surface area (Å²) in [4.78, 5) is 18.1. The van der Waals surface area contributed by atoms with Crippen molar-refractivity contribution >= 4 is 21.9 Å². The van der Waals surface area contributed by atoms with Crippen LogP contribution in [0.3, 0.4) is 0 Å². The van der Waals surface area contributed by atoms with E-state index in [-0.39, 0.29) is 17.4 Å². The first-order chi connectivity index (χ1) is 18.3.